The molecule has 1 amide bonds. The SMILES string of the molecule is COc1ccc(N=C2C(=O)N(CN3CCN(c4ccccc4)CC3)c3ccc(Br)cc32)cc1. The molecule has 5 rings (SSSR count). The number of nitrogens with zero attached hydrogens (tertiary/aromatic N) is 4. The van der Waals surface area contributed by atoms with Crippen molar-refractivity contribution in [3.8, 4) is 5.75 Å². The van der Waals surface area contributed by atoms with Crippen LogP contribution in [0, 0.1) is 0 Å². The molecule has 33 heavy (non-hydrogen) atoms. The molecule has 1 saturated heterocycles. The van der Waals surface area contributed by atoms with Crippen LogP contribution in [0.15, 0.2) is 82.3 Å². The van der Waals surface area contributed by atoms with Crippen LogP contribution in [-0.4, -0.2) is 56.5 Å². The number of fused-ring (bicyclic) bond motifs is 1. The fourth-order valence-electron chi connectivity index (χ4n) is 4.31. The van der Waals surface area contributed by atoms with Crippen molar-refractivity contribution in [2.45, 2.75) is 0 Å². The summed E-state index contributed by atoms with van der Waals surface area (Å²) in [6, 6.07) is 23.9. The molecule has 2 aliphatic rings. The molecule has 0 aromatic heterocycles. The molecular formula is C26H25BrN4O2. The zero-order chi connectivity index (χ0) is 22.8. The van der Waals surface area contributed by atoms with Crippen LogP contribution in [0.25, 0.3) is 0 Å². The molecule has 0 aliphatic carbocycles. The minimum Gasteiger partial charge on any atom is -0.497 e. The fourth-order valence-corrected chi connectivity index (χ4v) is 4.67. The van der Waals surface area contributed by atoms with Gasteiger partial charge in [0.1, 0.15) is 11.5 Å². The van der Waals surface area contributed by atoms with Crippen LogP contribution < -0.4 is 14.5 Å². The maximum atomic E-state index is 13.5. The molecule has 0 saturated carbocycles. The highest BCUT2D eigenvalue weighted by molar-refractivity contribution is 9.10. The van der Waals surface area contributed by atoms with Crippen LogP contribution in [0.4, 0.5) is 17.1 Å². The van der Waals surface area contributed by atoms with Gasteiger partial charge in [0.15, 0.2) is 0 Å². The Morgan fingerprint density at radius 1 is 0.939 bits per heavy atom. The van der Waals surface area contributed by atoms with Crippen molar-refractivity contribution in [1.82, 2.24) is 4.90 Å². The van der Waals surface area contributed by atoms with E-state index in [0.29, 0.717) is 12.4 Å². The smallest absolute Gasteiger partial charge is 0.278 e. The van der Waals surface area contributed by atoms with E-state index in [0.717, 1.165) is 53.3 Å². The first kappa shape index (κ1) is 21.7. The number of ether oxygens (including phenoxy) is 1. The Morgan fingerprint density at radius 3 is 2.36 bits per heavy atom. The van der Waals surface area contributed by atoms with Crippen LogP contribution in [0.3, 0.4) is 0 Å². The largest absolute Gasteiger partial charge is 0.497 e. The number of hydrogen-bond acceptors (Lipinski definition) is 5. The summed E-state index contributed by atoms with van der Waals surface area (Å²) in [5, 5.41) is 0. The van der Waals surface area contributed by atoms with Gasteiger partial charge < -0.3 is 9.64 Å². The molecule has 0 radical (unpaired) electrons. The first-order valence-electron chi connectivity index (χ1n) is 11.0. The zero-order valence-corrected chi connectivity index (χ0v) is 20.0. The molecule has 0 N–H and O–H groups in total. The van der Waals surface area contributed by atoms with E-state index in [1.165, 1.54) is 5.69 Å². The van der Waals surface area contributed by atoms with Gasteiger partial charge in [0.2, 0.25) is 0 Å². The Labute approximate surface area is 202 Å². The summed E-state index contributed by atoms with van der Waals surface area (Å²) in [6.45, 7) is 4.22. The Hall–Kier alpha value is -3.16. The van der Waals surface area contributed by atoms with E-state index in [9.17, 15) is 4.79 Å². The standard InChI is InChI=1S/C26H25BrN4O2/c1-33-22-10-8-20(9-11-22)28-25-23-17-19(27)7-12-24(23)31(26(25)32)18-29-13-15-30(16-14-29)21-5-3-2-4-6-21/h2-12,17H,13-16,18H2,1H3. The molecule has 0 spiro atoms. The molecule has 2 heterocycles. The third-order valence-electron chi connectivity index (χ3n) is 6.10. The summed E-state index contributed by atoms with van der Waals surface area (Å²) < 4.78 is 6.16. The monoisotopic (exact) mass is 504 g/mol. The van der Waals surface area contributed by atoms with Crippen molar-refractivity contribution in [3.05, 3.63) is 82.8 Å². The van der Waals surface area contributed by atoms with Crippen LogP contribution in [0.1, 0.15) is 5.56 Å². The van der Waals surface area contributed by atoms with Gasteiger partial charge >= 0.3 is 0 Å². The first-order chi connectivity index (χ1) is 16.1. The Bertz CT molecular complexity index is 1170. The van der Waals surface area contributed by atoms with Crippen molar-refractivity contribution >= 4 is 44.6 Å². The highest BCUT2D eigenvalue weighted by Crippen LogP contribution is 2.34. The number of benzene rings is 3. The van der Waals surface area contributed by atoms with Gasteiger partial charge in [0.25, 0.3) is 5.91 Å². The second-order valence-corrected chi connectivity index (χ2v) is 9.05. The van der Waals surface area contributed by atoms with Gasteiger partial charge in [-0.25, -0.2) is 4.99 Å². The minimum absolute atomic E-state index is 0.0654. The summed E-state index contributed by atoms with van der Waals surface area (Å²) in [4.78, 5) is 24.8. The number of piperazine rings is 1. The summed E-state index contributed by atoms with van der Waals surface area (Å²) in [7, 11) is 1.63. The molecule has 0 unspecified atom stereocenters. The molecule has 1 fully saturated rings. The van der Waals surface area contributed by atoms with Gasteiger partial charge in [-0.2, -0.15) is 0 Å². The number of halogens is 1. The van der Waals surface area contributed by atoms with E-state index in [4.69, 9.17) is 9.73 Å². The van der Waals surface area contributed by atoms with Gasteiger partial charge in [-0.05, 0) is 54.6 Å². The third-order valence-corrected chi connectivity index (χ3v) is 6.59. The number of methoxy groups -OCH3 is 1. The maximum absolute atomic E-state index is 13.5. The van der Waals surface area contributed by atoms with E-state index in [1.807, 2.05) is 53.4 Å². The lowest BCUT2D eigenvalue weighted by molar-refractivity contribution is -0.112. The normalized spacial score (nSPS) is 17.5. The maximum Gasteiger partial charge on any atom is 0.278 e. The number of rotatable bonds is 5. The lowest BCUT2D eigenvalue weighted by atomic mass is 10.1. The number of carbonyl (C=O) groups is 1. The number of aliphatic imine (C=N–C) groups is 1. The molecule has 7 heteroatoms. The van der Waals surface area contributed by atoms with Crippen molar-refractivity contribution in [3.63, 3.8) is 0 Å². The summed E-state index contributed by atoms with van der Waals surface area (Å²) in [5.74, 6) is 0.695. The van der Waals surface area contributed by atoms with Crippen LogP contribution in [0.5, 0.6) is 5.75 Å². The summed E-state index contributed by atoms with van der Waals surface area (Å²) >= 11 is 3.55. The molecule has 6 nitrogen and oxygen atoms in total. The lowest BCUT2D eigenvalue weighted by Gasteiger charge is -2.37. The van der Waals surface area contributed by atoms with E-state index >= 15 is 0 Å². The molecular weight excluding hydrogens is 480 g/mol. The molecule has 0 atom stereocenters. The van der Waals surface area contributed by atoms with Crippen molar-refractivity contribution in [1.29, 1.82) is 0 Å². The number of hydrogen-bond donors (Lipinski definition) is 0. The highest BCUT2D eigenvalue weighted by atomic mass is 79.9. The highest BCUT2D eigenvalue weighted by Gasteiger charge is 2.35. The van der Waals surface area contributed by atoms with Crippen molar-refractivity contribution in [2.75, 3.05) is 49.8 Å². The quantitative estimate of drug-likeness (QED) is 0.505. The van der Waals surface area contributed by atoms with E-state index in [1.54, 1.807) is 7.11 Å². The van der Waals surface area contributed by atoms with Crippen LogP contribution in [0.2, 0.25) is 0 Å². The van der Waals surface area contributed by atoms with Gasteiger partial charge in [-0.3, -0.25) is 14.6 Å². The number of para-hydroxylation sites is 1. The predicted octanol–water partition coefficient (Wildman–Crippen LogP) is 4.70. The average molecular weight is 505 g/mol. The number of amides is 1. The average Bonchev–Trinajstić information content (AvgIpc) is 3.10. The van der Waals surface area contributed by atoms with Crippen molar-refractivity contribution in [2.24, 2.45) is 4.99 Å². The van der Waals surface area contributed by atoms with Gasteiger partial charge in [-0.15, -0.1) is 0 Å². The van der Waals surface area contributed by atoms with E-state index < -0.39 is 0 Å². The Balaban J connectivity index is 1.35. The molecule has 2 aliphatic heterocycles. The second kappa shape index (κ2) is 9.37. The molecule has 168 valence electrons. The minimum atomic E-state index is -0.0654. The van der Waals surface area contributed by atoms with E-state index in [-0.39, 0.29) is 5.91 Å². The van der Waals surface area contributed by atoms with Crippen LogP contribution >= 0.6 is 15.9 Å². The summed E-state index contributed by atoms with van der Waals surface area (Å²) in [6.07, 6.45) is 0. The third kappa shape index (κ3) is 4.51. The van der Waals surface area contributed by atoms with Gasteiger partial charge in [-0.1, -0.05) is 34.1 Å². The van der Waals surface area contributed by atoms with Crippen LogP contribution in [-0.2, 0) is 4.79 Å². The Kier molecular flexibility index (Phi) is 6.15. The lowest BCUT2D eigenvalue weighted by Crippen LogP contribution is -2.51. The molecule has 0 bridgehead atoms. The summed E-state index contributed by atoms with van der Waals surface area (Å²) in [5.41, 5.74) is 4.20. The topological polar surface area (TPSA) is 48.4 Å². The first-order valence-corrected chi connectivity index (χ1v) is 11.8. The number of anilines is 2. The predicted molar refractivity (Wildman–Crippen MR) is 136 cm³/mol. The second-order valence-electron chi connectivity index (χ2n) is 8.14. The van der Waals surface area contributed by atoms with E-state index in [2.05, 4.69) is 50.0 Å². The zero-order valence-electron chi connectivity index (χ0n) is 18.4. The van der Waals surface area contributed by atoms with Gasteiger partial charge in [0.05, 0.1) is 25.2 Å². The molecule has 3 aromatic rings. The van der Waals surface area contributed by atoms with Gasteiger partial charge in [0, 0.05) is 41.9 Å². The Morgan fingerprint density at radius 2 is 1.67 bits per heavy atom. The fraction of sp³-hybridized carbons (Fsp3) is 0.231. The number of carbonyl (C=O) groups excluding carboxylic acids is 1. The van der Waals surface area contributed by atoms with Crippen molar-refractivity contribution < 1.29 is 9.53 Å². The molecule has 3 aromatic carbocycles.